The van der Waals surface area contributed by atoms with Gasteiger partial charge in [0, 0.05) is 17.6 Å². The number of hydrogen-bond donors (Lipinski definition) is 2. The van der Waals surface area contributed by atoms with Crippen LogP contribution in [0, 0.1) is 11.6 Å². The lowest BCUT2D eigenvalue weighted by Crippen LogP contribution is -2.42. The summed E-state index contributed by atoms with van der Waals surface area (Å²) in [4.78, 5) is 12.0. The maximum atomic E-state index is 13.1. The van der Waals surface area contributed by atoms with Gasteiger partial charge in [-0.3, -0.25) is 4.79 Å². The first-order valence-electron chi connectivity index (χ1n) is 7.09. The summed E-state index contributed by atoms with van der Waals surface area (Å²) in [5.74, 6) is -2.27. The van der Waals surface area contributed by atoms with Crippen molar-refractivity contribution in [2.75, 3.05) is 6.54 Å². The summed E-state index contributed by atoms with van der Waals surface area (Å²) in [6.45, 7) is 3.04. The summed E-state index contributed by atoms with van der Waals surface area (Å²) in [6.07, 6.45) is 3.87. The van der Waals surface area contributed by atoms with E-state index in [0.29, 0.717) is 6.04 Å². The van der Waals surface area contributed by atoms with Crippen molar-refractivity contribution in [3.05, 3.63) is 35.4 Å². The smallest absolute Gasteiger partial charge is 0.251 e. The highest BCUT2D eigenvalue weighted by Crippen LogP contribution is 2.19. The molecular formula is C15H20F2N2O. The maximum Gasteiger partial charge on any atom is 0.251 e. The Morgan fingerprint density at radius 2 is 1.80 bits per heavy atom. The van der Waals surface area contributed by atoms with Crippen molar-refractivity contribution in [2.24, 2.45) is 0 Å². The minimum atomic E-state index is -0.992. The Morgan fingerprint density at radius 1 is 1.15 bits per heavy atom. The van der Waals surface area contributed by atoms with Gasteiger partial charge in [0.2, 0.25) is 0 Å². The fourth-order valence-corrected chi connectivity index (χ4v) is 2.64. The fourth-order valence-electron chi connectivity index (χ4n) is 2.64. The first kappa shape index (κ1) is 14.9. The van der Waals surface area contributed by atoms with Gasteiger partial charge >= 0.3 is 0 Å². The van der Waals surface area contributed by atoms with Crippen molar-refractivity contribution in [3.63, 3.8) is 0 Å². The fraction of sp³-hybridized carbons (Fsp3) is 0.533. The van der Waals surface area contributed by atoms with Crippen LogP contribution >= 0.6 is 0 Å². The summed E-state index contributed by atoms with van der Waals surface area (Å²) in [5.41, 5.74) is 0.165. The molecule has 2 N–H and O–H groups in total. The molecule has 0 spiro atoms. The van der Waals surface area contributed by atoms with Gasteiger partial charge in [-0.2, -0.15) is 0 Å². The molecule has 0 aromatic heterocycles. The highest BCUT2D eigenvalue weighted by Gasteiger charge is 2.22. The highest BCUT2D eigenvalue weighted by atomic mass is 19.2. The molecule has 0 heterocycles. The summed E-state index contributed by atoms with van der Waals surface area (Å²) in [7, 11) is 0. The molecule has 0 aliphatic heterocycles. The molecule has 1 saturated carbocycles. The van der Waals surface area contributed by atoms with E-state index in [4.69, 9.17) is 0 Å². The van der Waals surface area contributed by atoms with Gasteiger partial charge in [-0.05, 0) is 50.4 Å². The Balaban J connectivity index is 1.87. The molecule has 0 bridgehead atoms. The highest BCUT2D eigenvalue weighted by molar-refractivity contribution is 5.94. The monoisotopic (exact) mass is 282 g/mol. The van der Waals surface area contributed by atoms with E-state index in [1.807, 2.05) is 0 Å². The zero-order valence-corrected chi connectivity index (χ0v) is 11.6. The molecule has 1 aliphatic rings. The predicted molar refractivity (Wildman–Crippen MR) is 73.5 cm³/mol. The number of carbonyl (C=O) groups is 1. The largest absolute Gasteiger partial charge is 0.349 e. The molecule has 5 heteroatoms. The Kier molecular flexibility index (Phi) is 5.06. The van der Waals surface area contributed by atoms with E-state index < -0.39 is 11.6 Å². The van der Waals surface area contributed by atoms with Crippen LogP contribution in [0.25, 0.3) is 0 Å². The third-order valence-electron chi connectivity index (χ3n) is 3.74. The van der Waals surface area contributed by atoms with Crippen LogP contribution in [0.4, 0.5) is 8.78 Å². The van der Waals surface area contributed by atoms with E-state index in [1.54, 1.807) is 0 Å². The van der Waals surface area contributed by atoms with Crippen LogP contribution in [0.2, 0.25) is 0 Å². The number of nitrogens with one attached hydrogen (secondary N) is 2. The lowest BCUT2D eigenvalue weighted by Gasteiger charge is -2.29. The third kappa shape index (κ3) is 3.76. The Hall–Kier alpha value is -1.49. The molecule has 1 aliphatic carbocycles. The molecule has 1 amide bonds. The van der Waals surface area contributed by atoms with E-state index in [9.17, 15) is 13.6 Å². The van der Waals surface area contributed by atoms with E-state index in [1.165, 1.54) is 6.07 Å². The van der Waals surface area contributed by atoms with Gasteiger partial charge in [0.1, 0.15) is 0 Å². The predicted octanol–water partition coefficient (Wildman–Crippen LogP) is 2.62. The van der Waals surface area contributed by atoms with E-state index in [-0.39, 0.29) is 17.5 Å². The lowest BCUT2D eigenvalue weighted by molar-refractivity contribution is 0.0924. The van der Waals surface area contributed by atoms with Gasteiger partial charge in [-0.15, -0.1) is 0 Å². The van der Waals surface area contributed by atoms with E-state index in [2.05, 4.69) is 17.6 Å². The molecule has 0 atom stereocenters. The molecule has 1 fully saturated rings. The second-order valence-electron chi connectivity index (χ2n) is 5.21. The summed E-state index contributed by atoms with van der Waals surface area (Å²) in [6, 6.07) is 3.86. The van der Waals surface area contributed by atoms with Crippen molar-refractivity contribution in [2.45, 2.75) is 44.7 Å². The van der Waals surface area contributed by atoms with Gasteiger partial charge < -0.3 is 10.6 Å². The van der Waals surface area contributed by atoms with Crippen molar-refractivity contribution in [1.82, 2.24) is 10.6 Å². The van der Waals surface area contributed by atoms with Crippen molar-refractivity contribution < 1.29 is 13.6 Å². The second kappa shape index (κ2) is 6.79. The van der Waals surface area contributed by atoms with Gasteiger partial charge in [-0.25, -0.2) is 8.78 Å². The molecular weight excluding hydrogens is 262 g/mol. The quantitative estimate of drug-likeness (QED) is 0.891. The van der Waals surface area contributed by atoms with Crippen LogP contribution in [-0.4, -0.2) is 24.5 Å². The average molecular weight is 282 g/mol. The minimum absolute atomic E-state index is 0.116. The van der Waals surface area contributed by atoms with Crippen LogP contribution in [0.15, 0.2) is 18.2 Å². The number of halogens is 2. The third-order valence-corrected chi connectivity index (χ3v) is 3.74. The standard InChI is InChI=1S/C15H20F2N2O/c1-2-18-11-4-6-12(7-5-11)19-15(20)10-3-8-13(16)14(17)9-10/h3,8-9,11-12,18H,2,4-7H2,1H3,(H,19,20). The van der Waals surface area contributed by atoms with E-state index >= 15 is 0 Å². The van der Waals surface area contributed by atoms with Crippen molar-refractivity contribution >= 4 is 5.91 Å². The van der Waals surface area contributed by atoms with Gasteiger partial charge in [0.15, 0.2) is 11.6 Å². The van der Waals surface area contributed by atoms with Crippen LogP contribution in [0.3, 0.4) is 0 Å². The topological polar surface area (TPSA) is 41.1 Å². The average Bonchev–Trinajstić information content (AvgIpc) is 2.44. The van der Waals surface area contributed by atoms with Crippen molar-refractivity contribution in [3.8, 4) is 0 Å². The molecule has 1 aromatic carbocycles. The number of rotatable bonds is 4. The van der Waals surface area contributed by atoms with E-state index in [0.717, 1.165) is 44.4 Å². The number of benzene rings is 1. The Labute approximate surface area is 117 Å². The number of carbonyl (C=O) groups excluding carboxylic acids is 1. The maximum absolute atomic E-state index is 13.1. The number of hydrogen-bond acceptors (Lipinski definition) is 2. The molecule has 110 valence electrons. The molecule has 3 nitrogen and oxygen atoms in total. The molecule has 0 radical (unpaired) electrons. The molecule has 2 rings (SSSR count). The molecule has 0 unspecified atom stereocenters. The zero-order chi connectivity index (χ0) is 14.5. The molecule has 20 heavy (non-hydrogen) atoms. The molecule has 0 saturated heterocycles. The first-order valence-corrected chi connectivity index (χ1v) is 7.09. The van der Waals surface area contributed by atoms with Gasteiger partial charge in [0.05, 0.1) is 0 Å². The Bertz CT molecular complexity index is 471. The van der Waals surface area contributed by atoms with Gasteiger partial charge in [0.25, 0.3) is 5.91 Å². The second-order valence-corrected chi connectivity index (χ2v) is 5.21. The SMILES string of the molecule is CCNC1CCC(NC(=O)c2ccc(F)c(F)c2)CC1. The van der Waals surface area contributed by atoms with Crippen LogP contribution < -0.4 is 10.6 Å². The van der Waals surface area contributed by atoms with Crippen molar-refractivity contribution in [1.29, 1.82) is 0 Å². The minimum Gasteiger partial charge on any atom is -0.349 e. The molecule has 1 aromatic rings. The van der Waals surface area contributed by atoms with Crippen LogP contribution in [0.5, 0.6) is 0 Å². The summed E-state index contributed by atoms with van der Waals surface area (Å²) in [5, 5.41) is 6.29. The number of amides is 1. The lowest BCUT2D eigenvalue weighted by atomic mass is 9.91. The summed E-state index contributed by atoms with van der Waals surface area (Å²) >= 11 is 0. The van der Waals surface area contributed by atoms with Crippen LogP contribution in [0.1, 0.15) is 43.0 Å². The normalized spacial score (nSPS) is 22.6. The zero-order valence-electron chi connectivity index (χ0n) is 11.6. The Morgan fingerprint density at radius 3 is 2.40 bits per heavy atom. The van der Waals surface area contributed by atoms with Crippen LogP contribution in [-0.2, 0) is 0 Å². The summed E-state index contributed by atoms with van der Waals surface area (Å²) < 4.78 is 25.9. The first-order chi connectivity index (χ1) is 9.60. The van der Waals surface area contributed by atoms with Gasteiger partial charge in [-0.1, -0.05) is 6.92 Å².